The van der Waals surface area contributed by atoms with Crippen LogP contribution in [0.25, 0.3) is 0 Å². The molecule has 0 unspecified atom stereocenters. The number of nitrogens with one attached hydrogen (secondary N) is 2. The van der Waals surface area contributed by atoms with Crippen LogP contribution >= 0.6 is 0 Å². The molecule has 6 heteroatoms. The minimum absolute atomic E-state index is 0.144. The average molecular weight is 258 g/mol. The van der Waals surface area contributed by atoms with Crippen molar-refractivity contribution in [1.82, 2.24) is 9.97 Å². The number of benzene rings is 1. The van der Waals surface area contributed by atoms with E-state index in [-0.39, 0.29) is 5.84 Å². The number of nitrogens with zero attached hydrogens (tertiary/aromatic N) is 2. The number of amidine groups is 1. The van der Waals surface area contributed by atoms with E-state index in [9.17, 15) is 0 Å². The van der Waals surface area contributed by atoms with E-state index < -0.39 is 0 Å². The quantitative estimate of drug-likeness (QED) is 0.647. The standard InChI is InChI=1S/C13H14N4O2/c1-18-10-4-3-5-11(19-2)12(10)17-13(14)9-6-7-15-8-16-9/h3-8H,1-2H3,(H2,14,17). The highest BCUT2D eigenvalue weighted by molar-refractivity contribution is 6.06. The predicted octanol–water partition coefficient (Wildman–Crippen LogP) is 1.93. The summed E-state index contributed by atoms with van der Waals surface area (Å²) in [5, 5.41) is 10.9. The van der Waals surface area contributed by atoms with Crippen molar-refractivity contribution in [3.8, 4) is 11.5 Å². The molecule has 0 aliphatic heterocycles. The van der Waals surface area contributed by atoms with Gasteiger partial charge in [0.05, 0.1) is 14.2 Å². The lowest BCUT2D eigenvalue weighted by atomic mass is 10.2. The Balaban J connectivity index is 2.30. The van der Waals surface area contributed by atoms with E-state index in [0.717, 1.165) is 0 Å². The third-order valence-electron chi connectivity index (χ3n) is 2.52. The highest BCUT2D eigenvalue weighted by atomic mass is 16.5. The van der Waals surface area contributed by atoms with E-state index >= 15 is 0 Å². The highest BCUT2D eigenvalue weighted by Crippen LogP contribution is 2.34. The molecule has 0 aliphatic rings. The summed E-state index contributed by atoms with van der Waals surface area (Å²) in [7, 11) is 3.13. The molecule has 1 aromatic carbocycles. The van der Waals surface area contributed by atoms with Crippen molar-refractivity contribution in [1.29, 1.82) is 5.41 Å². The van der Waals surface area contributed by atoms with Crippen LogP contribution in [0.3, 0.4) is 0 Å². The van der Waals surface area contributed by atoms with Crippen molar-refractivity contribution in [3.63, 3.8) is 0 Å². The van der Waals surface area contributed by atoms with Gasteiger partial charge in [0.25, 0.3) is 0 Å². The van der Waals surface area contributed by atoms with Gasteiger partial charge in [-0.05, 0) is 18.2 Å². The summed E-state index contributed by atoms with van der Waals surface area (Å²) in [6.45, 7) is 0. The number of hydrogen-bond donors (Lipinski definition) is 2. The van der Waals surface area contributed by atoms with Crippen LogP contribution < -0.4 is 14.8 Å². The molecule has 98 valence electrons. The summed E-state index contributed by atoms with van der Waals surface area (Å²) >= 11 is 0. The van der Waals surface area contributed by atoms with E-state index in [0.29, 0.717) is 22.9 Å². The molecular weight excluding hydrogens is 244 g/mol. The van der Waals surface area contributed by atoms with E-state index in [4.69, 9.17) is 14.9 Å². The Hall–Kier alpha value is -2.63. The van der Waals surface area contributed by atoms with E-state index in [2.05, 4.69) is 15.3 Å². The Bertz CT molecular complexity index is 550. The van der Waals surface area contributed by atoms with E-state index in [1.807, 2.05) is 6.07 Å². The van der Waals surface area contributed by atoms with Crippen LogP contribution in [0.15, 0.2) is 36.8 Å². The molecule has 0 saturated carbocycles. The first-order valence-electron chi connectivity index (χ1n) is 5.59. The molecule has 1 aromatic heterocycles. The van der Waals surface area contributed by atoms with Gasteiger partial charge < -0.3 is 14.8 Å². The summed E-state index contributed by atoms with van der Waals surface area (Å²) < 4.78 is 10.5. The summed E-state index contributed by atoms with van der Waals surface area (Å²) in [6, 6.07) is 7.05. The fourth-order valence-corrected chi connectivity index (χ4v) is 1.60. The topological polar surface area (TPSA) is 80.1 Å². The Kier molecular flexibility index (Phi) is 3.92. The number of para-hydroxylation sites is 1. The molecule has 0 aliphatic carbocycles. The van der Waals surface area contributed by atoms with Gasteiger partial charge >= 0.3 is 0 Å². The van der Waals surface area contributed by atoms with Gasteiger partial charge in [-0.25, -0.2) is 9.97 Å². The van der Waals surface area contributed by atoms with Crippen molar-refractivity contribution < 1.29 is 9.47 Å². The number of hydrogen-bond acceptors (Lipinski definition) is 5. The van der Waals surface area contributed by atoms with Gasteiger partial charge in [0, 0.05) is 6.20 Å². The molecule has 2 aromatic rings. The number of methoxy groups -OCH3 is 2. The van der Waals surface area contributed by atoms with Gasteiger partial charge in [-0.3, -0.25) is 5.41 Å². The molecule has 0 bridgehead atoms. The Morgan fingerprint density at radius 1 is 1.16 bits per heavy atom. The second kappa shape index (κ2) is 5.81. The second-order valence-corrected chi connectivity index (χ2v) is 3.63. The zero-order chi connectivity index (χ0) is 13.7. The zero-order valence-electron chi connectivity index (χ0n) is 10.7. The molecular formula is C13H14N4O2. The van der Waals surface area contributed by atoms with Crippen molar-refractivity contribution in [2.45, 2.75) is 0 Å². The van der Waals surface area contributed by atoms with Gasteiger partial charge in [-0.15, -0.1) is 0 Å². The predicted molar refractivity (Wildman–Crippen MR) is 72.0 cm³/mol. The number of rotatable bonds is 4. The van der Waals surface area contributed by atoms with Crippen LogP contribution in [0.2, 0.25) is 0 Å². The molecule has 2 rings (SSSR count). The lowest BCUT2D eigenvalue weighted by molar-refractivity contribution is 0.398. The van der Waals surface area contributed by atoms with Crippen molar-refractivity contribution in [3.05, 3.63) is 42.5 Å². The SMILES string of the molecule is COc1cccc(OC)c1NC(=N)c1ccncn1. The van der Waals surface area contributed by atoms with Crippen LogP contribution in [-0.2, 0) is 0 Å². The molecule has 0 spiro atoms. The molecule has 0 amide bonds. The molecule has 19 heavy (non-hydrogen) atoms. The summed E-state index contributed by atoms with van der Waals surface area (Å²) in [5.41, 5.74) is 1.08. The Morgan fingerprint density at radius 2 is 1.84 bits per heavy atom. The highest BCUT2D eigenvalue weighted by Gasteiger charge is 2.12. The molecule has 0 saturated heterocycles. The van der Waals surface area contributed by atoms with Crippen LogP contribution in [0.1, 0.15) is 5.69 Å². The van der Waals surface area contributed by atoms with Crippen LogP contribution in [-0.4, -0.2) is 30.0 Å². The van der Waals surface area contributed by atoms with Gasteiger partial charge in [-0.1, -0.05) is 6.07 Å². The average Bonchev–Trinajstić information content (AvgIpc) is 2.48. The Labute approximate surface area is 110 Å². The maximum absolute atomic E-state index is 8.00. The van der Waals surface area contributed by atoms with Gasteiger partial charge in [0.1, 0.15) is 35.0 Å². The number of anilines is 1. The summed E-state index contributed by atoms with van der Waals surface area (Å²) in [6.07, 6.45) is 2.98. The number of aromatic nitrogens is 2. The molecule has 0 fully saturated rings. The molecule has 1 heterocycles. The minimum Gasteiger partial charge on any atom is -0.494 e. The maximum Gasteiger partial charge on any atom is 0.149 e. The van der Waals surface area contributed by atoms with Gasteiger partial charge in [-0.2, -0.15) is 0 Å². The third-order valence-corrected chi connectivity index (χ3v) is 2.52. The fraction of sp³-hybridized carbons (Fsp3) is 0.154. The molecule has 0 atom stereocenters. The van der Waals surface area contributed by atoms with Gasteiger partial charge in [0.15, 0.2) is 0 Å². The lowest BCUT2D eigenvalue weighted by Crippen LogP contribution is -2.15. The molecule has 2 N–H and O–H groups in total. The fourth-order valence-electron chi connectivity index (χ4n) is 1.60. The minimum atomic E-state index is 0.144. The zero-order valence-corrected chi connectivity index (χ0v) is 10.7. The first-order valence-corrected chi connectivity index (χ1v) is 5.59. The third kappa shape index (κ3) is 2.79. The second-order valence-electron chi connectivity index (χ2n) is 3.63. The molecule has 6 nitrogen and oxygen atoms in total. The maximum atomic E-state index is 8.00. The van der Waals surface area contributed by atoms with Crippen molar-refractivity contribution in [2.75, 3.05) is 19.5 Å². The monoisotopic (exact) mass is 258 g/mol. The van der Waals surface area contributed by atoms with Crippen LogP contribution in [0.5, 0.6) is 11.5 Å². The largest absolute Gasteiger partial charge is 0.494 e. The number of ether oxygens (including phenoxy) is 2. The van der Waals surface area contributed by atoms with E-state index in [1.54, 1.807) is 38.6 Å². The summed E-state index contributed by atoms with van der Waals surface area (Å²) in [4.78, 5) is 7.82. The smallest absolute Gasteiger partial charge is 0.149 e. The lowest BCUT2D eigenvalue weighted by Gasteiger charge is -2.14. The van der Waals surface area contributed by atoms with Gasteiger partial charge in [0.2, 0.25) is 0 Å². The Morgan fingerprint density at radius 3 is 2.37 bits per heavy atom. The normalized spacial score (nSPS) is 9.79. The van der Waals surface area contributed by atoms with Crippen molar-refractivity contribution in [2.24, 2.45) is 0 Å². The first-order chi connectivity index (χ1) is 9.26. The summed E-state index contributed by atoms with van der Waals surface area (Å²) in [5.74, 6) is 1.33. The van der Waals surface area contributed by atoms with Crippen LogP contribution in [0, 0.1) is 5.41 Å². The van der Waals surface area contributed by atoms with Crippen LogP contribution in [0.4, 0.5) is 5.69 Å². The molecule has 0 radical (unpaired) electrons. The van der Waals surface area contributed by atoms with E-state index in [1.165, 1.54) is 6.33 Å². The first kappa shape index (κ1) is 12.8. The van der Waals surface area contributed by atoms with Crippen molar-refractivity contribution >= 4 is 11.5 Å².